The summed E-state index contributed by atoms with van der Waals surface area (Å²) in [6.07, 6.45) is 1.10. The van der Waals surface area contributed by atoms with Crippen LogP contribution < -0.4 is 4.72 Å². The maximum atomic E-state index is 13.6. The second-order valence-corrected chi connectivity index (χ2v) is 6.33. The largest absolute Gasteiger partial charge is 0.480 e. The van der Waals surface area contributed by atoms with Gasteiger partial charge >= 0.3 is 5.97 Å². The van der Waals surface area contributed by atoms with Crippen LogP contribution in [0.1, 0.15) is 12.8 Å². The first kappa shape index (κ1) is 15.3. The molecule has 1 fully saturated rings. The standard InChI is InChI=1S/C11H11FN2O6S/c12-8-4-3-7(14(17)18)5-9(8)21(19,20)13-10(11(15)16)6-1-2-6/h3-6,10,13H,1-2H2,(H,15,16). The summed E-state index contributed by atoms with van der Waals surface area (Å²) in [4.78, 5) is 19.8. The Bertz CT molecular complexity index is 701. The minimum atomic E-state index is -4.51. The Labute approximate surface area is 118 Å². The molecular formula is C11H11FN2O6S. The van der Waals surface area contributed by atoms with Crippen LogP contribution in [0.3, 0.4) is 0 Å². The number of carbonyl (C=O) groups is 1. The van der Waals surface area contributed by atoms with Gasteiger partial charge in [-0.25, -0.2) is 12.8 Å². The minimum Gasteiger partial charge on any atom is -0.480 e. The van der Waals surface area contributed by atoms with Crippen molar-refractivity contribution >= 4 is 21.7 Å². The monoisotopic (exact) mass is 318 g/mol. The van der Waals surface area contributed by atoms with Crippen LogP contribution in [0.2, 0.25) is 0 Å². The summed E-state index contributed by atoms with van der Waals surface area (Å²) in [5.41, 5.74) is -0.602. The molecule has 2 rings (SSSR count). The number of nitrogens with one attached hydrogen (secondary N) is 1. The number of carboxylic acids is 1. The van der Waals surface area contributed by atoms with E-state index in [4.69, 9.17) is 5.11 Å². The molecule has 8 nitrogen and oxygen atoms in total. The van der Waals surface area contributed by atoms with Gasteiger partial charge in [0.25, 0.3) is 5.69 Å². The van der Waals surface area contributed by atoms with Crippen LogP contribution in [0.4, 0.5) is 10.1 Å². The van der Waals surface area contributed by atoms with Gasteiger partial charge in [-0.2, -0.15) is 4.72 Å². The Morgan fingerprint density at radius 3 is 2.57 bits per heavy atom. The lowest BCUT2D eigenvalue weighted by molar-refractivity contribution is -0.385. The van der Waals surface area contributed by atoms with Crippen molar-refractivity contribution in [2.75, 3.05) is 0 Å². The van der Waals surface area contributed by atoms with Crippen LogP contribution in [0.5, 0.6) is 0 Å². The molecule has 0 saturated heterocycles. The van der Waals surface area contributed by atoms with E-state index < -0.39 is 43.4 Å². The number of benzene rings is 1. The van der Waals surface area contributed by atoms with Crippen molar-refractivity contribution in [1.82, 2.24) is 4.72 Å². The number of carboxylic acid groups (broad SMARTS) is 1. The Balaban J connectivity index is 2.36. The van der Waals surface area contributed by atoms with Gasteiger partial charge in [0.05, 0.1) is 4.92 Å². The van der Waals surface area contributed by atoms with Gasteiger partial charge in [-0.05, 0) is 24.8 Å². The number of halogens is 1. The molecule has 1 aromatic rings. The molecular weight excluding hydrogens is 307 g/mol. The summed E-state index contributed by atoms with van der Waals surface area (Å²) >= 11 is 0. The molecule has 0 amide bonds. The highest BCUT2D eigenvalue weighted by Crippen LogP contribution is 2.33. The number of sulfonamides is 1. The van der Waals surface area contributed by atoms with E-state index in [9.17, 15) is 27.7 Å². The average Bonchev–Trinajstić information content (AvgIpc) is 3.19. The fraction of sp³-hybridized carbons (Fsp3) is 0.364. The van der Waals surface area contributed by atoms with Gasteiger partial charge in [0.1, 0.15) is 16.8 Å². The molecule has 1 aromatic carbocycles. The molecule has 0 heterocycles. The van der Waals surface area contributed by atoms with Crippen molar-refractivity contribution < 1.29 is 27.6 Å². The molecule has 2 N–H and O–H groups in total. The second-order valence-electron chi connectivity index (χ2n) is 4.65. The molecule has 1 unspecified atom stereocenters. The SMILES string of the molecule is O=C(O)C(NS(=O)(=O)c1cc([N+](=O)[O-])ccc1F)C1CC1. The number of nitrogens with zero attached hydrogens (tertiary/aromatic N) is 1. The lowest BCUT2D eigenvalue weighted by Crippen LogP contribution is -2.42. The highest BCUT2D eigenvalue weighted by atomic mass is 32.2. The first-order valence-electron chi connectivity index (χ1n) is 5.91. The molecule has 10 heteroatoms. The third kappa shape index (κ3) is 3.34. The molecule has 0 bridgehead atoms. The summed E-state index contributed by atoms with van der Waals surface area (Å²) in [6.45, 7) is 0. The molecule has 1 atom stereocenters. The average molecular weight is 318 g/mol. The first-order valence-corrected chi connectivity index (χ1v) is 7.40. The number of nitro groups is 1. The highest BCUT2D eigenvalue weighted by molar-refractivity contribution is 7.89. The Hall–Kier alpha value is -2.07. The second kappa shape index (κ2) is 5.37. The molecule has 0 radical (unpaired) electrons. The fourth-order valence-electron chi connectivity index (χ4n) is 1.82. The number of rotatable bonds is 6. The summed E-state index contributed by atoms with van der Waals surface area (Å²) < 4.78 is 39.6. The highest BCUT2D eigenvalue weighted by Gasteiger charge is 2.39. The van der Waals surface area contributed by atoms with Crippen LogP contribution in [-0.4, -0.2) is 30.5 Å². The first-order chi connectivity index (χ1) is 9.72. The lowest BCUT2D eigenvalue weighted by Gasteiger charge is -2.14. The van der Waals surface area contributed by atoms with E-state index in [0.29, 0.717) is 25.0 Å². The van der Waals surface area contributed by atoms with Gasteiger partial charge in [0.2, 0.25) is 10.0 Å². The predicted molar refractivity (Wildman–Crippen MR) is 67.5 cm³/mol. The van der Waals surface area contributed by atoms with Crippen LogP contribution in [0.25, 0.3) is 0 Å². The van der Waals surface area contributed by atoms with Crippen LogP contribution in [-0.2, 0) is 14.8 Å². The van der Waals surface area contributed by atoms with Gasteiger partial charge in [0.15, 0.2) is 0 Å². The Morgan fingerprint density at radius 2 is 2.10 bits per heavy atom. The third-order valence-electron chi connectivity index (χ3n) is 3.06. The van der Waals surface area contributed by atoms with Crippen molar-refractivity contribution in [1.29, 1.82) is 0 Å². The molecule has 1 saturated carbocycles. The van der Waals surface area contributed by atoms with E-state index in [0.717, 1.165) is 6.07 Å². The summed E-state index contributed by atoms with van der Waals surface area (Å²) in [7, 11) is -4.51. The molecule has 1 aliphatic rings. The fourth-order valence-corrected chi connectivity index (χ4v) is 3.18. The molecule has 0 spiro atoms. The zero-order chi connectivity index (χ0) is 15.8. The molecule has 21 heavy (non-hydrogen) atoms. The van der Waals surface area contributed by atoms with E-state index in [1.165, 1.54) is 0 Å². The van der Waals surface area contributed by atoms with Gasteiger partial charge in [-0.15, -0.1) is 0 Å². The topological polar surface area (TPSA) is 127 Å². The van der Waals surface area contributed by atoms with Crippen molar-refractivity contribution in [2.24, 2.45) is 5.92 Å². The smallest absolute Gasteiger partial charge is 0.322 e. The summed E-state index contributed by atoms with van der Waals surface area (Å²) in [5, 5.41) is 19.6. The normalized spacial score (nSPS) is 16.4. The van der Waals surface area contributed by atoms with E-state index in [-0.39, 0.29) is 5.92 Å². The maximum Gasteiger partial charge on any atom is 0.322 e. The zero-order valence-corrected chi connectivity index (χ0v) is 11.3. The number of aliphatic carboxylic acids is 1. The van der Waals surface area contributed by atoms with Crippen molar-refractivity contribution in [3.05, 3.63) is 34.1 Å². The maximum absolute atomic E-state index is 13.6. The van der Waals surface area contributed by atoms with Crippen LogP contribution >= 0.6 is 0 Å². The minimum absolute atomic E-state index is 0.348. The number of hydrogen-bond donors (Lipinski definition) is 2. The predicted octanol–water partition coefficient (Wildman–Crippen LogP) is 0.875. The van der Waals surface area contributed by atoms with Crippen LogP contribution in [0.15, 0.2) is 23.1 Å². The van der Waals surface area contributed by atoms with Crippen molar-refractivity contribution in [3.63, 3.8) is 0 Å². The molecule has 0 aliphatic heterocycles. The number of non-ortho nitro benzene ring substituents is 1. The van der Waals surface area contributed by atoms with Gasteiger partial charge in [0, 0.05) is 12.1 Å². The zero-order valence-electron chi connectivity index (χ0n) is 10.5. The van der Waals surface area contributed by atoms with E-state index in [2.05, 4.69) is 0 Å². The Kier molecular flexibility index (Phi) is 3.92. The van der Waals surface area contributed by atoms with E-state index in [1.54, 1.807) is 0 Å². The van der Waals surface area contributed by atoms with E-state index in [1.807, 2.05) is 4.72 Å². The third-order valence-corrected chi connectivity index (χ3v) is 4.51. The quantitative estimate of drug-likeness (QED) is 0.592. The van der Waals surface area contributed by atoms with E-state index >= 15 is 0 Å². The lowest BCUT2D eigenvalue weighted by atomic mass is 10.2. The summed E-state index contributed by atoms with van der Waals surface area (Å²) in [6, 6.07) is 0.668. The van der Waals surface area contributed by atoms with Crippen molar-refractivity contribution in [2.45, 2.75) is 23.8 Å². The van der Waals surface area contributed by atoms with Crippen molar-refractivity contribution in [3.8, 4) is 0 Å². The van der Waals surface area contributed by atoms with Gasteiger partial charge in [-0.3, -0.25) is 14.9 Å². The molecule has 114 valence electrons. The summed E-state index contributed by atoms with van der Waals surface area (Å²) in [5.74, 6) is -2.90. The number of hydrogen-bond acceptors (Lipinski definition) is 5. The molecule has 1 aliphatic carbocycles. The van der Waals surface area contributed by atoms with Gasteiger partial charge in [-0.1, -0.05) is 0 Å². The molecule has 0 aromatic heterocycles. The van der Waals surface area contributed by atoms with Gasteiger partial charge < -0.3 is 5.11 Å². The Morgan fingerprint density at radius 1 is 1.48 bits per heavy atom. The number of nitro benzene ring substituents is 1. The van der Waals surface area contributed by atoms with Crippen LogP contribution in [0, 0.1) is 21.8 Å².